The van der Waals surface area contributed by atoms with Crippen molar-refractivity contribution in [2.24, 2.45) is 0 Å². The number of fused-ring (bicyclic) bond motifs is 1. The Morgan fingerprint density at radius 3 is 2.65 bits per heavy atom. The van der Waals surface area contributed by atoms with Crippen LogP contribution in [0, 0.1) is 5.82 Å². The van der Waals surface area contributed by atoms with Crippen LogP contribution in [0.3, 0.4) is 0 Å². The minimum absolute atomic E-state index is 0.274. The van der Waals surface area contributed by atoms with Crippen LogP contribution >= 0.6 is 15.9 Å². The Balaban J connectivity index is 2.14. The molecule has 0 aliphatic carbocycles. The molecule has 0 atom stereocenters. The van der Waals surface area contributed by atoms with Gasteiger partial charge in [0.2, 0.25) is 0 Å². The monoisotopic (exact) mass is 292 g/mol. The normalized spacial score (nSPS) is 10.9. The standard InChI is InChI=1S/C11H6BrFN4/c12-8-5-14-10-11(15-8)17-9(16-10)6-1-3-7(13)4-2-6/h1-5H,(H,14,15,16,17). The van der Waals surface area contributed by atoms with E-state index in [1.165, 1.54) is 12.1 Å². The van der Waals surface area contributed by atoms with Gasteiger partial charge < -0.3 is 4.98 Å². The number of aromatic nitrogens is 4. The van der Waals surface area contributed by atoms with Crippen LogP contribution in [-0.2, 0) is 0 Å². The highest BCUT2D eigenvalue weighted by Gasteiger charge is 2.07. The van der Waals surface area contributed by atoms with Crippen LogP contribution in [0.5, 0.6) is 0 Å². The van der Waals surface area contributed by atoms with E-state index in [1.54, 1.807) is 18.3 Å². The number of hydrogen-bond acceptors (Lipinski definition) is 3. The molecule has 3 aromatic rings. The van der Waals surface area contributed by atoms with Gasteiger partial charge in [0.1, 0.15) is 16.2 Å². The third kappa shape index (κ3) is 1.91. The molecule has 0 saturated heterocycles. The second-order valence-corrected chi connectivity index (χ2v) is 4.27. The molecule has 0 fully saturated rings. The number of benzene rings is 1. The van der Waals surface area contributed by atoms with Crippen molar-refractivity contribution in [3.63, 3.8) is 0 Å². The van der Waals surface area contributed by atoms with Crippen molar-refractivity contribution in [1.29, 1.82) is 0 Å². The van der Waals surface area contributed by atoms with Gasteiger partial charge in [0.05, 0.1) is 6.20 Å². The molecule has 0 bridgehead atoms. The second kappa shape index (κ2) is 3.89. The lowest BCUT2D eigenvalue weighted by Gasteiger charge is -1.94. The number of hydrogen-bond donors (Lipinski definition) is 1. The molecule has 0 unspecified atom stereocenters. The molecule has 0 radical (unpaired) electrons. The molecule has 6 heteroatoms. The molecule has 4 nitrogen and oxygen atoms in total. The summed E-state index contributed by atoms with van der Waals surface area (Å²) < 4.78 is 13.4. The summed E-state index contributed by atoms with van der Waals surface area (Å²) in [6.45, 7) is 0. The molecular weight excluding hydrogens is 287 g/mol. The topological polar surface area (TPSA) is 54.5 Å². The van der Waals surface area contributed by atoms with Crippen molar-refractivity contribution in [2.75, 3.05) is 0 Å². The summed E-state index contributed by atoms with van der Waals surface area (Å²) in [5.74, 6) is 0.349. The van der Waals surface area contributed by atoms with E-state index in [2.05, 4.69) is 35.9 Å². The average Bonchev–Trinajstić information content (AvgIpc) is 2.72. The minimum atomic E-state index is -0.274. The zero-order valence-electron chi connectivity index (χ0n) is 8.48. The van der Waals surface area contributed by atoms with Gasteiger partial charge in [0.15, 0.2) is 11.3 Å². The Morgan fingerprint density at radius 1 is 1.12 bits per heavy atom. The zero-order valence-corrected chi connectivity index (χ0v) is 10.1. The average molecular weight is 293 g/mol. The molecular formula is C11H6BrFN4. The second-order valence-electron chi connectivity index (χ2n) is 3.46. The minimum Gasteiger partial charge on any atom is -0.321 e. The number of imidazole rings is 1. The van der Waals surface area contributed by atoms with E-state index in [1.807, 2.05) is 0 Å². The van der Waals surface area contributed by atoms with Gasteiger partial charge in [-0.15, -0.1) is 0 Å². The summed E-state index contributed by atoms with van der Waals surface area (Å²) >= 11 is 3.24. The summed E-state index contributed by atoms with van der Waals surface area (Å²) in [6.07, 6.45) is 1.58. The quantitative estimate of drug-likeness (QED) is 0.750. The molecule has 0 saturated carbocycles. The van der Waals surface area contributed by atoms with E-state index in [4.69, 9.17) is 0 Å². The molecule has 2 aromatic heterocycles. The van der Waals surface area contributed by atoms with Gasteiger partial charge >= 0.3 is 0 Å². The molecule has 3 rings (SSSR count). The summed E-state index contributed by atoms with van der Waals surface area (Å²) in [5, 5.41) is 0. The van der Waals surface area contributed by atoms with Gasteiger partial charge in [-0.3, -0.25) is 0 Å². The Hall–Kier alpha value is -1.82. The highest BCUT2D eigenvalue weighted by atomic mass is 79.9. The van der Waals surface area contributed by atoms with Crippen LogP contribution in [-0.4, -0.2) is 19.9 Å². The van der Waals surface area contributed by atoms with Crippen molar-refractivity contribution >= 4 is 27.2 Å². The number of nitrogens with one attached hydrogen (secondary N) is 1. The first kappa shape index (κ1) is 10.3. The molecule has 0 aliphatic rings. The van der Waals surface area contributed by atoms with Crippen molar-refractivity contribution in [3.05, 3.63) is 40.9 Å². The predicted molar refractivity (Wildman–Crippen MR) is 64.8 cm³/mol. The van der Waals surface area contributed by atoms with Crippen LogP contribution in [0.15, 0.2) is 35.1 Å². The Kier molecular flexibility index (Phi) is 2.36. The summed E-state index contributed by atoms with van der Waals surface area (Å²) in [6, 6.07) is 6.09. The third-order valence-corrected chi connectivity index (χ3v) is 2.68. The Morgan fingerprint density at radius 2 is 1.88 bits per heavy atom. The van der Waals surface area contributed by atoms with Gasteiger partial charge in [0.25, 0.3) is 0 Å². The molecule has 2 heterocycles. The highest BCUT2D eigenvalue weighted by molar-refractivity contribution is 9.10. The smallest absolute Gasteiger partial charge is 0.197 e. The van der Waals surface area contributed by atoms with E-state index < -0.39 is 0 Å². The number of rotatable bonds is 1. The van der Waals surface area contributed by atoms with E-state index in [0.717, 1.165) is 5.56 Å². The lowest BCUT2D eigenvalue weighted by molar-refractivity contribution is 0.628. The van der Waals surface area contributed by atoms with Gasteiger partial charge in [-0.25, -0.2) is 19.3 Å². The largest absolute Gasteiger partial charge is 0.321 e. The first-order valence-electron chi connectivity index (χ1n) is 4.86. The molecule has 17 heavy (non-hydrogen) atoms. The van der Waals surface area contributed by atoms with Crippen molar-refractivity contribution in [2.45, 2.75) is 0 Å². The maximum atomic E-state index is 12.8. The predicted octanol–water partition coefficient (Wildman–Crippen LogP) is 2.92. The van der Waals surface area contributed by atoms with Crippen molar-refractivity contribution in [3.8, 4) is 11.4 Å². The number of H-pyrrole nitrogens is 1. The summed E-state index contributed by atoms with van der Waals surface area (Å²) in [5.41, 5.74) is 1.92. The van der Waals surface area contributed by atoms with Crippen molar-refractivity contribution in [1.82, 2.24) is 19.9 Å². The Bertz CT molecular complexity index is 678. The lowest BCUT2D eigenvalue weighted by atomic mass is 10.2. The van der Waals surface area contributed by atoms with E-state index in [0.29, 0.717) is 21.7 Å². The van der Waals surface area contributed by atoms with Crippen LogP contribution in [0.25, 0.3) is 22.7 Å². The van der Waals surface area contributed by atoms with Gasteiger partial charge in [0, 0.05) is 5.56 Å². The fourth-order valence-electron chi connectivity index (χ4n) is 1.52. The first-order chi connectivity index (χ1) is 8.22. The molecule has 84 valence electrons. The van der Waals surface area contributed by atoms with Gasteiger partial charge in [-0.1, -0.05) is 0 Å². The summed E-state index contributed by atoms with van der Waals surface area (Å²) in [7, 11) is 0. The van der Waals surface area contributed by atoms with Crippen LogP contribution in [0.2, 0.25) is 0 Å². The van der Waals surface area contributed by atoms with Gasteiger partial charge in [-0.05, 0) is 40.2 Å². The fraction of sp³-hybridized carbons (Fsp3) is 0. The number of halogens is 2. The highest BCUT2D eigenvalue weighted by Crippen LogP contribution is 2.19. The lowest BCUT2D eigenvalue weighted by Crippen LogP contribution is -1.81. The van der Waals surface area contributed by atoms with E-state index >= 15 is 0 Å². The Labute approximate surface area is 104 Å². The van der Waals surface area contributed by atoms with Gasteiger partial charge in [-0.2, -0.15) is 0 Å². The zero-order chi connectivity index (χ0) is 11.8. The summed E-state index contributed by atoms with van der Waals surface area (Å²) in [4.78, 5) is 15.6. The maximum absolute atomic E-state index is 12.8. The molecule has 0 spiro atoms. The maximum Gasteiger partial charge on any atom is 0.197 e. The molecule has 0 aliphatic heterocycles. The number of aromatic amines is 1. The molecule has 1 aromatic carbocycles. The van der Waals surface area contributed by atoms with E-state index in [-0.39, 0.29) is 5.82 Å². The molecule has 1 N–H and O–H groups in total. The van der Waals surface area contributed by atoms with Crippen LogP contribution in [0.1, 0.15) is 0 Å². The number of nitrogens with zero attached hydrogens (tertiary/aromatic N) is 3. The first-order valence-corrected chi connectivity index (χ1v) is 5.66. The van der Waals surface area contributed by atoms with Crippen molar-refractivity contribution < 1.29 is 4.39 Å². The fourth-order valence-corrected chi connectivity index (χ4v) is 1.80. The molecule has 0 amide bonds. The van der Waals surface area contributed by atoms with Crippen LogP contribution < -0.4 is 0 Å². The van der Waals surface area contributed by atoms with E-state index in [9.17, 15) is 4.39 Å². The third-order valence-electron chi connectivity index (χ3n) is 2.30. The van der Waals surface area contributed by atoms with Crippen LogP contribution in [0.4, 0.5) is 4.39 Å². The SMILES string of the molecule is Fc1ccc(-c2nc3ncc(Br)nc3[nH]2)cc1.